The summed E-state index contributed by atoms with van der Waals surface area (Å²) in [4.78, 5) is 12.4. The van der Waals surface area contributed by atoms with Crippen LogP contribution in [0.2, 0.25) is 0 Å². The van der Waals surface area contributed by atoms with E-state index in [4.69, 9.17) is 0 Å². The third kappa shape index (κ3) is 3.62. The summed E-state index contributed by atoms with van der Waals surface area (Å²) >= 11 is 0. The van der Waals surface area contributed by atoms with Crippen molar-refractivity contribution in [3.63, 3.8) is 0 Å². The lowest BCUT2D eigenvalue weighted by molar-refractivity contribution is -0.384. The van der Waals surface area contributed by atoms with Crippen LogP contribution in [0.15, 0.2) is 48.5 Å². The molecule has 3 rings (SSSR count). The van der Waals surface area contributed by atoms with Crippen LogP contribution in [0.5, 0.6) is 0 Å². The lowest BCUT2D eigenvalue weighted by atomic mass is 9.87. The Balaban J connectivity index is 1.70. The van der Waals surface area contributed by atoms with Crippen LogP contribution in [0.4, 0.5) is 11.4 Å². The molecule has 0 amide bonds. The van der Waals surface area contributed by atoms with Gasteiger partial charge in [-0.3, -0.25) is 10.1 Å². The molecule has 6 nitrogen and oxygen atoms in total. The number of hydrogen-bond acceptors (Lipinski definition) is 5. The summed E-state index contributed by atoms with van der Waals surface area (Å²) in [5.74, 6) is 0.169. The Morgan fingerprint density at radius 2 is 1.88 bits per heavy atom. The maximum atomic E-state index is 10.9. The molecule has 6 heteroatoms. The van der Waals surface area contributed by atoms with Crippen molar-refractivity contribution in [3.05, 3.63) is 69.8 Å². The van der Waals surface area contributed by atoms with Crippen LogP contribution in [-0.2, 0) is 0 Å². The third-order valence-corrected chi connectivity index (χ3v) is 4.78. The minimum absolute atomic E-state index is 0.0744. The lowest BCUT2D eigenvalue weighted by Gasteiger charge is -2.36. The van der Waals surface area contributed by atoms with E-state index in [0.29, 0.717) is 18.7 Å². The number of rotatable bonds is 4. The van der Waals surface area contributed by atoms with Crippen molar-refractivity contribution < 1.29 is 10.0 Å². The highest BCUT2D eigenvalue weighted by Gasteiger charge is 2.27. The van der Waals surface area contributed by atoms with Crippen LogP contribution < -0.4 is 4.90 Å². The zero-order chi connectivity index (χ0) is 17.8. The van der Waals surface area contributed by atoms with Gasteiger partial charge < -0.3 is 10.0 Å². The van der Waals surface area contributed by atoms with Crippen molar-refractivity contribution in [2.45, 2.75) is 18.9 Å². The van der Waals surface area contributed by atoms with Crippen molar-refractivity contribution in [1.82, 2.24) is 0 Å². The smallest absolute Gasteiger partial charge is 0.270 e. The van der Waals surface area contributed by atoms with Crippen LogP contribution in [0.1, 0.15) is 30.1 Å². The highest BCUT2D eigenvalue weighted by Crippen LogP contribution is 2.34. The van der Waals surface area contributed by atoms with E-state index in [1.807, 2.05) is 30.3 Å². The van der Waals surface area contributed by atoms with Crippen LogP contribution in [0, 0.1) is 27.4 Å². The van der Waals surface area contributed by atoms with Gasteiger partial charge in [0.05, 0.1) is 22.3 Å². The second-order valence-electron chi connectivity index (χ2n) is 6.25. The summed E-state index contributed by atoms with van der Waals surface area (Å²) in [6.45, 7) is 1.42. The number of aliphatic hydroxyl groups excluding tert-OH is 1. The van der Waals surface area contributed by atoms with Gasteiger partial charge in [-0.25, -0.2) is 0 Å². The molecule has 1 atom stereocenters. The number of hydrogen-bond donors (Lipinski definition) is 1. The average molecular weight is 337 g/mol. The fraction of sp³-hybridized carbons (Fsp3) is 0.316. The zero-order valence-corrected chi connectivity index (χ0v) is 13.7. The molecule has 2 aromatic rings. The minimum atomic E-state index is -0.493. The van der Waals surface area contributed by atoms with E-state index in [1.165, 1.54) is 12.1 Å². The number of non-ortho nitro benzene ring substituents is 1. The summed E-state index contributed by atoms with van der Waals surface area (Å²) in [6.07, 6.45) is 1.12. The van der Waals surface area contributed by atoms with Crippen LogP contribution in [0.3, 0.4) is 0 Å². The molecular weight excluding hydrogens is 318 g/mol. The van der Waals surface area contributed by atoms with Crippen LogP contribution >= 0.6 is 0 Å². The summed E-state index contributed by atoms with van der Waals surface area (Å²) in [5.41, 5.74) is 1.89. The number of nitro groups is 1. The molecule has 2 aromatic carbocycles. The third-order valence-electron chi connectivity index (χ3n) is 4.78. The fourth-order valence-electron chi connectivity index (χ4n) is 3.38. The number of aliphatic hydroxyl groups is 1. The van der Waals surface area contributed by atoms with E-state index in [9.17, 15) is 20.5 Å². The van der Waals surface area contributed by atoms with Crippen LogP contribution in [0.25, 0.3) is 0 Å². The number of nitrogens with zero attached hydrogens (tertiary/aromatic N) is 3. The van der Waals surface area contributed by atoms with Gasteiger partial charge >= 0.3 is 0 Å². The van der Waals surface area contributed by atoms with E-state index >= 15 is 0 Å². The predicted molar refractivity (Wildman–Crippen MR) is 94.2 cm³/mol. The molecule has 0 radical (unpaired) electrons. The topological polar surface area (TPSA) is 90.4 Å². The first-order valence-electron chi connectivity index (χ1n) is 8.26. The Bertz CT molecular complexity index is 793. The molecule has 1 aliphatic rings. The van der Waals surface area contributed by atoms with Gasteiger partial charge in [0.1, 0.15) is 6.07 Å². The highest BCUT2D eigenvalue weighted by molar-refractivity contribution is 5.63. The van der Waals surface area contributed by atoms with Gasteiger partial charge in [-0.05, 0) is 30.4 Å². The number of piperidine rings is 1. The first-order chi connectivity index (χ1) is 12.1. The van der Waals surface area contributed by atoms with E-state index in [1.54, 1.807) is 6.07 Å². The lowest BCUT2D eigenvalue weighted by Crippen LogP contribution is -2.36. The normalized spacial score (nSPS) is 16.2. The molecule has 128 valence electrons. The molecule has 0 bridgehead atoms. The van der Waals surface area contributed by atoms with E-state index in [0.717, 1.165) is 24.1 Å². The number of benzene rings is 2. The first-order valence-corrected chi connectivity index (χ1v) is 8.26. The maximum Gasteiger partial charge on any atom is 0.270 e. The Kier molecular flexibility index (Phi) is 4.96. The van der Waals surface area contributed by atoms with E-state index in [-0.39, 0.29) is 11.6 Å². The fourth-order valence-corrected chi connectivity index (χ4v) is 3.38. The van der Waals surface area contributed by atoms with E-state index < -0.39 is 11.0 Å². The van der Waals surface area contributed by atoms with E-state index in [2.05, 4.69) is 11.0 Å². The number of nitriles is 1. The van der Waals surface area contributed by atoms with Crippen molar-refractivity contribution >= 4 is 11.4 Å². The molecule has 0 aliphatic carbocycles. The van der Waals surface area contributed by atoms with Crippen molar-refractivity contribution in [2.75, 3.05) is 18.0 Å². The highest BCUT2D eigenvalue weighted by atomic mass is 16.6. The summed E-state index contributed by atoms with van der Waals surface area (Å²) in [6, 6.07) is 16.1. The Labute approximate surface area is 146 Å². The second-order valence-corrected chi connectivity index (χ2v) is 6.25. The molecule has 1 saturated heterocycles. The van der Waals surface area contributed by atoms with Gasteiger partial charge in [-0.2, -0.15) is 5.26 Å². The van der Waals surface area contributed by atoms with Gasteiger partial charge in [-0.15, -0.1) is 0 Å². The molecule has 1 heterocycles. The largest absolute Gasteiger partial charge is 0.388 e. The average Bonchev–Trinajstić information content (AvgIpc) is 2.67. The second kappa shape index (κ2) is 7.32. The maximum absolute atomic E-state index is 10.9. The first kappa shape index (κ1) is 16.9. The summed E-state index contributed by atoms with van der Waals surface area (Å²) in [7, 11) is 0. The van der Waals surface area contributed by atoms with Gasteiger partial charge in [-0.1, -0.05) is 30.3 Å². The standard InChI is InChI=1S/C19H19N3O3/c20-13-16-12-17(22(24)25)6-7-18(16)21-10-8-15(9-11-21)19(23)14-4-2-1-3-5-14/h1-7,12,15,19,23H,8-11H2/t19-/m0/s1. The molecule has 0 spiro atoms. The van der Waals surface area contributed by atoms with Crippen molar-refractivity contribution in [2.24, 2.45) is 5.92 Å². The summed E-state index contributed by atoms with van der Waals surface area (Å²) < 4.78 is 0. The minimum Gasteiger partial charge on any atom is -0.388 e. The summed E-state index contributed by atoms with van der Waals surface area (Å²) in [5, 5.41) is 30.7. The molecule has 1 aliphatic heterocycles. The van der Waals surface area contributed by atoms with Crippen molar-refractivity contribution in [1.29, 1.82) is 5.26 Å². The van der Waals surface area contributed by atoms with Gasteiger partial charge in [0.15, 0.2) is 0 Å². The van der Waals surface area contributed by atoms with Gasteiger partial charge in [0.2, 0.25) is 0 Å². The Morgan fingerprint density at radius 3 is 2.48 bits per heavy atom. The molecular formula is C19H19N3O3. The Morgan fingerprint density at radius 1 is 1.20 bits per heavy atom. The van der Waals surface area contributed by atoms with Gasteiger partial charge in [0, 0.05) is 25.2 Å². The van der Waals surface area contributed by atoms with Gasteiger partial charge in [0.25, 0.3) is 5.69 Å². The predicted octanol–water partition coefficient (Wildman–Crippen LogP) is 3.42. The van der Waals surface area contributed by atoms with Crippen molar-refractivity contribution in [3.8, 4) is 6.07 Å². The molecule has 1 fully saturated rings. The zero-order valence-electron chi connectivity index (χ0n) is 13.7. The van der Waals surface area contributed by atoms with Crippen LogP contribution in [-0.4, -0.2) is 23.1 Å². The molecule has 0 saturated carbocycles. The molecule has 25 heavy (non-hydrogen) atoms. The quantitative estimate of drug-likeness (QED) is 0.682. The Hall–Kier alpha value is -2.91. The monoisotopic (exact) mass is 337 g/mol. The molecule has 0 unspecified atom stereocenters. The molecule has 0 aromatic heterocycles. The number of anilines is 1. The molecule has 1 N–H and O–H groups in total. The number of nitro benzene ring substituents is 1. The SMILES string of the molecule is N#Cc1cc([N+](=O)[O-])ccc1N1CCC([C@@H](O)c2ccccc2)CC1.